The molecule has 1 heterocycles. The number of likely N-dealkylation sites (N-methyl/N-ethyl adjacent to an activating group) is 1. The van der Waals surface area contributed by atoms with E-state index in [4.69, 9.17) is 16.6 Å². The average molecular weight is 447 g/mol. The molecule has 0 aliphatic rings. The van der Waals surface area contributed by atoms with E-state index in [1.807, 2.05) is 19.1 Å². The van der Waals surface area contributed by atoms with Gasteiger partial charge in [-0.1, -0.05) is 42.9 Å². The number of benzene rings is 2. The Morgan fingerprint density at radius 1 is 1.20 bits per heavy atom. The number of thiazole rings is 1. The van der Waals surface area contributed by atoms with Crippen LogP contribution in [0.5, 0.6) is 0 Å². The number of nitro benzene ring substituents is 1. The molecule has 30 heavy (non-hydrogen) atoms. The van der Waals surface area contributed by atoms with Gasteiger partial charge in [-0.2, -0.15) is 0 Å². The summed E-state index contributed by atoms with van der Waals surface area (Å²) in [5.74, 6) is -0.311. The first-order chi connectivity index (χ1) is 14.3. The van der Waals surface area contributed by atoms with E-state index in [9.17, 15) is 14.9 Å². The van der Waals surface area contributed by atoms with Gasteiger partial charge in [-0.25, -0.2) is 4.98 Å². The molecule has 158 valence electrons. The van der Waals surface area contributed by atoms with Gasteiger partial charge in [-0.3, -0.25) is 19.8 Å². The van der Waals surface area contributed by atoms with Crippen LogP contribution in [0, 0.1) is 17.0 Å². The summed E-state index contributed by atoms with van der Waals surface area (Å²) < 4.78 is 0.898. The summed E-state index contributed by atoms with van der Waals surface area (Å²) in [5, 5.41) is 12.3. The fraction of sp³-hybridized carbons (Fsp3) is 0.333. The minimum atomic E-state index is -0.500. The highest BCUT2D eigenvalue weighted by molar-refractivity contribution is 7.22. The fourth-order valence-corrected chi connectivity index (χ4v) is 4.68. The van der Waals surface area contributed by atoms with Crippen LogP contribution in [0.3, 0.4) is 0 Å². The molecule has 0 bridgehead atoms. The number of carbonyl (C=O) groups excluding carboxylic acids is 1. The van der Waals surface area contributed by atoms with Gasteiger partial charge in [0.1, 0.15) is 0 Å². The van der Waals surface area contributed by atoms with E-state index >= 15 is 0 Å². The number of fused-ring (bicyclic) bond motifs is 1. The lowest BCUT2D eigenvalue weighted by molar-refractivity contribution is -0.384. The quantitative estimate of drug-likeness (QED) is 0.353. The highest BCUT2D eigenvalue weighted by Crippen LogP contribution is 2.33. The van der Waals surface area contributed by atoms with Gasteiger partial charge in [0, 0.05) is 35.8 Å². The lowest BCUT2D eigenvalue weighted by Crippen LogP contribution is -2.38. The molecular formula is C21H23ClN4O3S. The highest BCUT2D eigenvalue weighted by Gasteiger charge is 2.23. The van der Waals surface area contributed by atoms with E-state index < -0.39 is 4.92 Å². The smallest absolute Gasteiger partial charge is 0.270 e. The summed E-state index contributed by atoms with van der Waals surface area (Å²) >= 11 is 7.58. The Morgan fingerprint density at radius 3 is 2.60 bits per heavy atom. The second-order valence-electron chi connectivity index (χ2n) is 6.86. The predicted octanol–water partition coefficient (Wildman–Crippen LogP) is 5.15. The van der Waals surface area contributed by atoms with Crippen molar-refractivity contribution < 1.29 is 9.72 Å². The Bertz CT molecular complexity index is 1080. The van der Waals surface area contributed by atoms with Crippen molar-refractivity contribution in [3.63, 3.8) is 0 Å². The molecule has 0 fully saturated rings. The number of anilines is 1. The zero-order chi connectivity index (χ0) is 21.8. The summed E-state index contributed by atoms with van der Waals surface area (Å²) in [4.78, 5) is 32.5. The maximum atomic E-state index is 13.4. The number of hydrogen-bond acceptors (Lipinski definition) is 6. The lowest BCUT2D eigenvalue weighted by atomic mass is 10.2. The third-order valence-electron chi connectivity index (χ3n) is 4.95. The van der Waals surface area contributed by atoms with Crippen molar-refractivity contribution in [1.29, 1.82) is 0 Å². The predicted molar refractivity (Wildman–Crippen MR) is 122 cm³/mol. The van der Waals surface area contributed by atoms with E-state index in [0.29, 0.717) is 23.2 Å². The van der Waals surface area contributed by atoms with E-state index in [1.54, 1.807) is 11.0 Å². The van der Waals surface area contributed by atoms with Crippen LogP contribution in [-0.2, 0) is 0 Å². The molecule has 0 saturated carbocycles. The zero-order valence-corrected chi connectivity index (χ0v) is 18.7. The number of amides is 1. The maximum absolute atomic E-state index is 13.4. The van der Waals surface area contributed by atoms with Crippen molar-refractivity contribution in [2.45, 2.75) is 20.8 Å². The van der Waals surface area contributed by atoms with Crippen LogP contribution in [0.1, 0.15) is 29.8 Å². The van der Waals surface area contributed by atoms with Gasteiger partial charge in [0.25, 0.3) is 11.6 Å². The molecule has 0 atom stereocenters. The van der Waals surface area contributed by atoms with Crippen LogP contribution in [0.2, 0.25) is 5.02 Å². The number of nitrogens with zero attached hydrogens (tertiary/aromatic N) is 4. The minimum Gasteiger partial charge on any atom is -0.302 e. The standard InChI is InChI=1S/C21H23ClN4O3S/c1-4-24(5-2)9-10-25(20(27)15-7-6-8-17(12-15)26(28)29)21-23-19-14(3)11-16(22)13-18(19)30-21/h6-8,11-13H,4-5,9-10H2,1-3H3. The second kappa shape index (κ2) is 9.51. The molecule has 0 aliphatic carbocycles. The molecule has 7 nitrogen and oxygen atoms in total. The van der Waals surface area contributed by atoms with Gasteiger partial charge < -0.3 is 4.90 Å². The zero-order valence-electron chi connectivity index (χ0n) is 17.1. The topological polar surface area (TPSA) is 79.6 Å². The Morgan fingerprint density at radius 2 is 1.93 bits per heavy atom. The molecule has 0 N–H and O–H groups in total. The Balaban J connectivity index is 2.02. The number of carbonyl (C=O) groups is 1. The molecule has 3 rings (SSSR count). The number of nitro groups is 1. The Kier molecular flexibility index (Phi) is 7.02. The lowest BCUT2D eigenvalue weighted by Gasteiger charge is -2.24. The molecule has 0 spiro atoms. The van der Waals surface area contributed by atoms with Crippen molar-refractivity contribution >= 4 is 49.9 Å². The SMILES string of the molecule is CCN(CC)CCN(C(=O)c1cccc([N+](=O)[O-])c1)c1nc2c(C)cc(Cl)cc2s1. The van der Waals surface area contributed by atoms with Crippen molar-refractivity contribution in [3.05, 3.63) is 62.7 Å². The van der Waals surface area contributed by atoms with Gasteiger partial charge in [0.05, 0.1) is 15.1 Å². The first kappa shape index (κ1) is 22.1. The minimum absolute atomic E-state index is 0.114. The van der Waals surface area contributed by atoms with Crippen molar-refractivity contribution in [2.24, 2.45) is 0 Å². The average Bonchev–Trinajstić information content (AvgIpc) is 3.15. The van der Waals surface area contributed by atoms with Crippen LogP contribution in [0.4, 0.5) is 10.8 Å². The normalized spacial score (nSPS) is 11.2. The van der Waals surface area contributed by atoms with Gasteiger partial charge in [0.2, 0.25) is 0 Å². The van der Waals surface area contributed by atoms with Crippen LogP contribution in [0.15, 0.2) is 36.4 Å². The third-order valence-corrected chi connectivity index (χ3v) is 6.20. The van der Waals surface area contributed by atoms with Crippen LogP contribution in [0.25, 0.3) is 10.2 Å². The van der Waals surface area contributed by atoms with Crippen LogP contribution >= 0.6 is 22.9 Å². The number of non-ortho nitro benzene ring substituents is 1. The molecule has 1 aromatic heterocycles. The number of aryl methyl sites for hydroxylation is 1. The first-order valence-electron chi connectivity index (χ1n) is 9.69. The molecule has 3 aromatic rings. The number of rotatable bonds is 8. The number of hydrogen-bond donors (Lipinski definition) is 0. The Labute approximate surface area is 184 Å². The van der Waals surface area contributed by atoms with Gasteiger partial charge >= 0.3 is 0 Å². The molecule has 0 saturated heterocycles. The summed E-state index contributed by atoms with van der Waals surface area (Å²) in [6.45, 7) is 8.89. The van der Waals surface area contributed by atoms with Crippen LogP contribution in [-0.4, -0.2) is 46.9 Å². The largest absolute Gasteiger partial charge is 0.302 e. The third kappa shape index (κ3) is 4.77. The molecule has 0 aliphatic heterocycles. The summed E-state index contributed by atoms with van der Waals surface area (Å²) in [6.07, 6.45) is 0. The monoisotopic (exact) mass is 446 g/mol. The van der Waals surface area contributed by atoms with E-state index in [0.717, 1.165) is 28.9 Å². The summed E-state index contributed by atoms with van der Waals surface area (Å²) in [5.41, 5.74) is 1.89. The highest BCUT2D eigenvalue weighted by atomic mass is 35.5. The number of halogens is 1. The molecule has 1 amide bonds. The van der Waals surface area contributed by atoms with Gasteiger partial charge in [0.15, 0.2) is 5.13 Å². The maximum Gasteiger partial charge on any atom is 0.270 e. The summed E-state index contributed by atoms with van der Waals surface area (Å²) in [6, 6.07) is 9.48. The molecule has 0 radical (unpaired) electrons. The van der Waals surface area contributed by atoms with E-state index in [1.165, 1.54) is 29.5 Å². The fourth-order valence-electron chi connectivity index (χ4n) is 3.23. The Hall–Kier alpha value is -2.55. The molecule has 0 unspecified atom stereocenters. The van der Waals surface area contributed by atoms with Crippen molar-refractivity contribution in [2.75, 3.05) is 31.1 Å². The molecule has 9 heteroatoms. The van der Waals surface area contributed by atoms with E-state index in [-0.39, 0.29) is 17.2 Å². The molecular weight excluding hydrogens is 424 g/mol. The van der Waals surface area contributed by atoms with Gasteiger partial charge in [-0.15, -0.1) is 0 Å². The van der Waals surface area contributed by atoms with E-state index in [2.05, 4.69) is 18.7 Å². The second-order valence-corrected chi connectivity index (χ2v) is 8.30. The molecule has 2 aromatic carbocycles. The van der Waals surface area contributed by atoms with Crippen LogP contribution < -0.4 is 4.90 Å². The summed E-state index contributed by atoms with van der Waals surface area (Å²) in [7, 11) is 0. The van der Waals surface area contributed by atoms with Crippen molar-refractivity contribution in [3.8, 4) is 0 Å². The van der Waals surface area contributed by atoms with Gasteiger partial charge in [-0.05, 0) is 43.8 Å². The first-order valence-corrected chi connectivity index (χ1v) is 10.9. The number of aromatic nitrogens is 1. The van der Waals surface area contributed by atoms with Crippen molar-refractivity contribution in [1.82, 2.24) is 9.88 Å².